The minimum Gasteiger partial charge on any atom is -0.507 e. The highest BCUT2D eigenvalue weighted by molar-refractivity contribution is 6.52. The van der Waals surface area contributed by atoms with Crippen molar-refractivity contribution in [2.24, 2.45) is 0 Å². The van der Waals surface area contributed by atoms with Gasteiger partial charge in [-0.3, -0.25) is 14.5 Å². The molecule has 37 heavy (non-hydrogen) atoms. The van der Waals surface area contributed by atoms with Gasteiger partial charge in [0.25, 0.3) is 11.7 Å². The van der Waals surface area contributed by atoms with E-state index >= 15 is 0 Å². The third-order valence-corrected chi connectivity index (χ3v) is 6.92. The Morgan fingerprint density at radius 1 is 0.946 bits per heavy atom. The molecular weight excluding hydrogens is 517 g/mol. The second-order valence-electron chi connectivity index (χ2n) is 8.22. The Kier molecular flexibility index (Phi) is 7.66. The maximum absolute atomic E-state index is 13.5. The second kappa shape index (κ2) is 10.7. The number of aryl methyl sites for hydroxylation is 1. The summed E-state index contributed by atoms with van der Waals surface area (Å²) in [6.45, 7) is 2.02. The molecular formula is C28H25Cl2NO6. The van der Waals surface area contributed by atoms with E-state index in [0.717, 1.165) is 12.0 Å². The molecule has 0 saturated carbocycles. The smallest absolute Gasteiger partial charge is 0.300 e. The third-order valence-electron chi connectivity index (χ3n) is 6.30. The Morgan fingerprint density at radius 3 is 2.19 bits per heavy atom. The molecule has 0 bridgehead atoms. The Morgan fingerprint density at radius 2 is 1.59 bits per heavy atom. The van der Waals surface area contributed by atoms with E-state index in [-0.39, 0.29) is 32.7 Å². The van der Waals surface area contributed by atoms with Crippen LogP contribution in [-0.2, 0) is 16.0 Å². The Bertz CT molecular complexity index is 1400. The van der Waals surface area contributed by atoms with Crippen molar-refractivity contribution in [2.45, 2.75) is 19.4 Å². The average molecular weight is 542 g/mol. The molecule has 1 aliphatic heterocycles. The summed E-state index contributed by atoms with van der Waals surface area (Å²) in [4.78, 5) is 28.3. The number of carbonyl (C=O) groups excluding carboxylic acids is 2. The molecule has 1 amide bonds. The van der Waals surface area contributed by atoms with Crippen molar-refractivity contribution in [3.8, 4) is 17.2 Å². The van der Waals surface area contributed by atoms with Crippen LogP contribution in [-0.4, -0.2) is 38.1 Å². The molecule has 192 valence electrons. The van der Waals surface area contributed by atoms with E-state index in [2.05, 4.69) is 0 Å². The first kappa shape index (κ1) is 26.4. The predicted octanol–water partition coefficient (Wildman–Crippen LogP) is 6.21. The number of hydrogen-bond donors (Lipinski definition) is 1. The molecule has 0 aromatic heterocycles. The summed E-state index contributed by atoms with van der Waals surface area (Å²) in [6, 6.07) is 14.7. The molecule has 3 aromatic carbocycles. The summed E-state index contributed by atoms with van der Waals surface area (Å²) in [5, 5.41) is 11.7. The van der Waals surface area contributed by atoms with Gasteiger partial charge in [-0.25, -0.2) is 0 Å². The molecule has 0 radical (unpaired) electrons. The first-order valence-corrected chi connectivity index (χ1v) is 12.2. The Labute approximate surface area is 224 Å². The molecule has 4 rings (SSSR count). The van der Waals surface area contributed by atoms with E-state index in [9.17, 15) is 14.7 Å². The maximum atomic E-state index is 13.5. The van der Waals surface area contributed by atoms with Crippen molar-refractivity contribution in [2.75, 3.05) is 26.2 Å². The lowest BCUT2D eigenvalue weighted by Gasteiger charge is -2.27. The van der Waals surface area contributed by atoms with Crippen LogP contribution in [0.5, 0.6) is 17.2 Å². The lowest BCUT2D eigenvalue weighted by Crippen LogP contribution is -2.29. The number of halogens is 2. The molecule has 1 aliphatic rings. The summed E-state index contributed by atoms with van der Waals surface area (Å²) in [6.07, 6.45) is 0.813. The zero-order chi connectivity index (χ0) is 26.9. The molecule has 7 nitrogen and oxygen atoms in total. The van der Waals surface area contributed by atoms with E-state index in [1.807, 2.05) is 19.1 Å². The van der Waals surface area contributed by atoms with Gasteiger partial charge in [-0.1, -0.05) is 60.5 Å². The van der Waals surface area contributed by atoms with Gasteiger partial charge in [0.05, 0.1) is 43.5 Å². The van der Waals surface area contributed by atoms with Crippen molar-refractivity contribution in [3.05, 3.63) is 86.9 Å². The summed E-state index contributed by atoms with van der Waals surface area (Å²) in [7, 11) is 4.24. The number of anilines is 1. The van der Waals surface area contributed by atoms with Crippen molar-refractivity contribution in [3.63, 3.8) is 0 Å². The van der Waals surface area contributed by atoms with Crippen LogP contribution in [0.2, 0.25) is 10.0 Å². The number of hydrogen-bond acceptors (Lipinski definition) is 6. The quantitative estimate of drug-likeness (QED) is 0.217. The summed E-state index contributed by atoms with van der Waals surface area (Å²) >= 11 is 12.8. The molecule has 3 aromatic rings. The van der Waals surface area contributed by atoms with Gasteiger partial charge in [0.2, 0.25) is 0 Å². The Hall–Kier alpha value is -3.68. The molecule has 1 N–H and O–H groups in total. The number of benzene rings is 3. The van der Waals surface area contributed by atoms with Crippen LogP contribution in [0.15, 0.2) is 60.2 Å². The van der Waals surface area contributed by atoms with Crippen molar-refractivity contribution < 1.29 is 28.9 Å². The van der Waals surface area contributed by atoms with Crippen LogP contribution in [0.1, 0.15) is 29.7 Å². The van der Waals surface area contributed by atoms with Crippen molar-refractivity contribution in [1.82, 2.24) is 0 Å². The number of aliphatic hydroxyl groups excluding tert-OH is 1. The van der Waals surface area contributed by atoms with Crippen LogP contribution >= 0.6 is 23.2 Å². The number of ketones is 1. The van der Waals surface area contributed by atoms with E-state index in [1.165, 1.54) is 32.3 Å². The van der Waals surface area contributed by atoms with Gasteiger partial charge in [-0.2, -0.15) is 0 Å². The third kappa shape index (κ3) is 4.49. The van der Waals surface area contributed by atoms with Gasteiger partial charge in [-0.05, 0) is 36.2 Å². The van der Waals surface area contributed by atoms with Crippen LogP contribution in [0.4, 0.5) is 5.69 Å². The number of ether oxygens (including phenoxy) is 3. The molecule has 1 fully saturated rings. The number of amides is 1. The summed E-state index contributed by atoms with van der Waals surface area (Å²) in [5.41, 5.74) is 1.95. The van der Waals surface area contributed by atoms with Gasteiger partial charge >= 0.3 is 0 Å². The number of nitrogens with zero attached hydrogens (tertiary/aromatic N) is 1. The molecule has 1 saturated heterocycles. The standard InChI is InChI=1S/C28H25Cl2NO6/c1-5-15-10-12-16(13-11-15)31-23(17-8-6-7-9-20(17)35-2)21(25(33)28(31)34)24(32)18-14-19(29)27(37-4)22(30)26(18)36-3/h6-14,23,32H,5H2,1-4H3/b24-21+. The van der Waals surface area contributed by atoms with Gasteiger partial charge in [-0.15, -0.1) is 0 Å². The minimum absolute atomic E-state index is 0.0114. The number of rotatable bonds is 7. The van der Waals surface area contributed by atoms with Gasteiger partial charge < -0.3 is 19.3 Å². The van der Waals surface area contributed by atoms with Crippen LogP contribution < -0.4 is 19.1 Å². The zero-order valence-electron chi connectivity index (χ0n) is 20.7. The number of Topliss-reactive ketones (excluding diaryl/α,β-unsaturated/α-hetero) is 1. The van der Waals surface area contributed by atoms with Crippen LogP contribution in [0.3, 0.4) is 0 Å². The number of aliphatic hydroxyl groups is 1. The second-order valence-corrected chi connectivity index (χ2v) is 9.00. The number of para-hydroxylation sites is 1. The number of carbonyl (C=O) groups is 2. The fourth-order valence-electron chi connectivity index (χ4n) is 4.47. The van der Waals surface area contributed by atoms with Gasteiger partial charge in [0.1, 0.15) is 16.5 Å². The summed E-state index contributed by atoms with van der Waals surface area (Å²) in [5.74, 6) is -1.55. The highest BCUT2D eigenvalue weighted by atomic mass is 35.5. The lowest BCUT2D eigenvalue weighted by atomic mass is 9.94. The number of methoxy groups -OCH3 is 3. The molecule has 1 atom stereocenters. The van der Waals surface area contributed by atoms with Crippen molar-refractivity contribution in [1.29, 1.82) is 0 Å². The minimum atomic E-state index is -1.01. The topological polar surface area (TPSA) is 85.3 Å². The van der Waals surface area contributed by atoms with E-state index in [0.29, 0.717) is 17.0 Å². The van der Waals surface area contributed by atoms with Crippen LogP contribution in [0.25, 0.3) is 5.76 Å². The molecule has 1 unspecified atom stereocenters. The highest BCUT2D eigenvalue weighted by Gasteiger charge is 2.48. The molecule has 9 heteroatoms. The maximum Gasteiger partial charge on any atom is 0.300 e. The first-order chi connectivity index (χ1) is 17.8. The van der Waals surface area contributed by atoms with Crippen LogP contribution in [0, 0.1) is 0 Å². The van der Waals surface area contributed by atoms with E-state index in [4.69, 9.17) is 37.4 Å². The largest absolute Gasteiger partial charge is 0.507 e. The van der Waals surface area contributed by atoms with E-state index < -0.39 is 23.5 Å². The van der Waals surface area contributed by atoms with Crippen molar-refractivity contribution >= 4 is 46.3 Å². The zero-order valence-corrected chi connectivity index (χ0v) is 22.2. The average Bonchev–Trinajstić information content (AvgIpc) is 3.18. The monoisotopic (exact) mass is 541 g/mol. The molecule has 0 aliphatic carbocycles. The fraction of sp³-hybridized carbons (Fsp3) is 0.214. The normalized spacial score (nSPS) is 16.7. The molecule has 0 spiro atoms. The first-order valence-electron chi connectivity index (χ1n) is 11.4. The SMILES string of the molecule is CCc1ccc(N2C(=O)C(=O)/C(=C(/O)c3cc(Cl)c(OC)c(Cl)c3OC)C2c2ccccc2OC)cc1. The fourth-order valence-corrected chi connectivity index (χ4v) is 5.16. The van der Waals surface area contributed by atoms with Gasteiger partial charge in [0, 0.05) is 11.3 Å². The summed E-state index contributed by atoms with van der Waals surface area (Å²) < 4.78 is 16.2. The Balaban J connectivity index is 2.03. The van der Waals surface area contributed by atoms with E-state index in [1.54, 1.807) is 36.4 Å². The highest BCUT2D eigenvalue weighted by Crippen LogP contribution is 2.49. The predicted molar refractivity (Wildman–Crippen MR) is 143 cm³/mol. The van der Waals surface area contributed by atoms with Gasteiger partial charge in [0.15, 0.2) is 11.5 Å². The molecule has 1 heterocycles. The lowest BCUT2D eigenvalue weighted by molar-refractivity contribution is -0.132.